The average Bonchev–Trinajstić information content (AvgIpc) is 2.36. The van der Waals surface area contributed by atoms with E-state index >= 15 is 0 Å². The Balaban J connectivity index is 2.88. The Hall–Kier alpha value is -1.26. The van der Waals surface area contributed by atoms with Crippen LogP contribution in [-0.4, -0.2) is 42.9 Å². The lowest BCUT2D eigenvalue weighted by Crippen LogP contribution is -2.36. The third kappa shape index (κ3) is 5.09. The van der Waals surface area contributed by atoms with Gasteiger partial charge in [0.25, 0.3) is 0 Å². The van der Waals surface area contributed by atoms with Crippen molar-refractivity contribution in [3.8, 4) is 11.5 Å². The van der Waals surface area contributed by atoms with Crippen LogP contribution in [0.25, 0.3) is 0 Å². The molecule has 0 fully saturated rings. The van der Waals surface area contributed by atoms with Crippen molar-refractivity contribution >= 4 is 0 Å². The molecule has 0 spiro atoms. The first kappa shape index (κ1) is 15.8. The van der Waals surface area contributed by atoms with Crippen LogP contribution in [0.3, 0.4) is 0 Å². The first-order valence-electron chi connectivity index (χ1n) is 6.60. The van der Waals surface area contributed by atoms with Crippen molar-refractivity contribution in [3.05, 3.63) is 23.8 Å². The summed E-state index contributed by atoms with van der Waals surface area (Å²) < 4.78 is 10.5. The van der Waals surface area contributed by atoms with Gasteiger partial charge in [-0.05, 0) is 38.5 Å². The molecule has 0 aromatic heterocycles. The maximum absolute atomic E-state index is 9.56. The van der Waals surface area contributed by atoms with Gasteiger partial charge < -0.3 is 14.6 Å². The van der Waals surface area contributed by atoms with E-state index in [9.17, 15) is 5.11 Å². The first-order chi connectivity index (χ1) is 8.96. The Labute approximate surface area is 115 Å². The van der Waals surface area contributed by atoms with Crippen molar-refractivity contribution < 1.29 is 14.6 Å². The van der Waals surface area contributed by atoms with E-state index in [1.54, 1.807) is 14.2 Å². The molecule has 0 saturated carbocycles. The molecule has 0 bridgehead atoms. The lowest BCUT2D eigenvalue weighted by molar-refractivity contribution is 0.103. The summed E-state index contributed by atoms with van der Waals surface area (Å²) in [4.78, 5) is 2.22. The van der Waals surface area contributed by atoms with Crippen LogP contribution in [0.1, 0.15) is 26.3 Å². The molecule has 0 aliphatic rings. The maximum atomic E-state index is 9.56. The molecular weight excluding hydrogens is 242 g/mol. The normalized spacial score (nSPS) is 12.8. The SMILES string of the molecule is COc1cc(CN(C[C@@H](C)O)C(C)C)cc(OC)c1. The second kappa shape index (κ2) is 7.36. The zero-order valence-electron chi connectivity index (χ0n) is 12.5. The van der Waals surface area contributed by atoms with Gasteiger partial charge in [0.1, 0.15) is 11.5 Å². The number of hydrogen-bond acceptors (Lipinski definition) is 4. The minimum Gasteiger partial charge on any atom is -0.497 e. The summed E-state index contributed by atoms with van der Waals surface area (Å²) >= 11 is 0. The zero-order chi connectivity index (χ0) is 14.4. The fraction of sp³-hybridized carbons (Fsp3) is 0.600. The molecule has 0 amide bonds. The molecule has 1 N–H and O–H groups in total. The predicted octanol–water partition coefficient (Wildman–Crippen LogP) is 2.29. The number of aliphatic hydroxyl groups is 1. The monoisotopic (exact) mass is 267 g/mol. The topological polar surface area (TPSA) is 41.9 Å². The molecule has 0 saturated heterocycles. The molecule has 1 rings (SSSR count). The van der Waals surface area contributed by atoms with Crippen LogP contribution < -0.4 is 9.47 Å². The van der Waals surface area contributed by atoms with Crippen molar-refractivity contribution in [2.45, 2.75) is 39.5 Å². The quantitative estimate of drug-likeness (QED) is 0.823. The molecule has 4 nitrogen and oxygen atoms in total. The number of benzene rings is 1. The van der Waals surface area contributed by atoms with E-state index < -0.39 is 0 Å². The highest BCUT2D eigenvalue weighted by Gasteiger charge is 2.13. The fourth-order valence-corrected chi connectivity index (χ4v) is 1.99. The van der Waals surface area contributed by atoms with Gasteiger partial charge in [0.2, 0.25) is 0 Å². The van der Waals surface area contributed by atoms with E-state index in [0.29, 0.717) is 12.6 Å². The third-order valence-electron chi connectivity index (χ3n) is 3.03. The van der Waals surface area contributed by atoms with E-state index in [-0.39, 0.29) is 6.10 Å². The molecule has 1 aromatic carbocycles. The van der Waals surface area contributed by atoms with Crippen LogP contribution in [0.2, 0.25) is 0 Å². The molecule has 1 atom stereocenters. The summed E-state index contributed by atoms with van der Waals surface area (Å²) in [7, 11) is 3.29. The van der Waals surface area contributed by atoms with Crippen molar-refractivity contribution in [2.24, 2.45) is 0 Å². The highest BCUT2D eigenvalue weighted by atomic mass is 16.5. The van der Waals surface area contributed by atoms with Crippen molar-refractivity contribution in [2.75, 3.05) is 20.8 Å². The van der Waals surface area contributed by atoms with E-state index in [2.05, 4.69) is 18.7 Å². The Morgan fingerprint density at radius 2 is 1.58 bits per heavy atom. The van der Waals surface area contributed by atoms with Gasteiger partial charge in [-0.2, -0.15) is 0 Å². The van der Waals surface area contributed by atoms with Gasteiger partial charge in [0.05, 0.1) is 20.3 Å². The predicted molar refractivity (Wildman–Crippen MR) is 76.8 cm³/mol. The van der Waals surface area contributed by atoms with Crippen LogP contribution in [0.15, 0.2) is 18.2 Å². The van der Waals surface area contributed by atoms with Gasteiger partial charge >= 0.3 is 0 Å². The van der Waals surface area contributed by atoms with Gasteiger partial charge in [-0.25, -0.2) is 0 Å². The van der Waals surface area contributed by atoms with Crippen molar-refractivity contribution in [3.63, 3.8) is 0 Å². The van der Waals surface area contributed by atoms with Crippen LogP contribution in [-0.2, 0) is 6.54 Å². The smallest absolute Gasteiger partial charge is 0.122 e. The molecular formula is C15H25NO3. The highest BCUT2D eigenvalue weighted by Crippen LogP contribution is 2.23. The van der Waals surface area contributed by atoms with Gasteiger partial charge in [0.15, 0.2) is 0 Å². The molecule has 0 aliphatic carbocycles. The number of ether oxygens (including phenoxy) is 2. The molecule has 19 heavy (non-hydrogen) atoms. The number of methoxy groups -OCH3 is 2. The van der Waals surface area contributed by atoms with Gasteiger partial charge in [-0.3, -0.25) is 4.90 Å². The number of nitrogens with zero attached hydrogens (tertiary/aromatic N) is 1. The molecule has 0 radical (unpaired) electrons. The molecule has 1 aromatic rings. The largest absolute Gasteiger partial charge is 0.497 e. The Kier molecular flexibility index (Phi) is 6.12. The van der Waals surface area contributed by atoms with E-state index in [4.69, 9.17) is 9.47 Å². The summed E-state index contributed by atoms with van der Waals surface area (Å²) in [6.45, 7) is 7.47. The van der Waals surface area contributed by atoms with E-state index in [1.807, 2.05) is 25.1 Å². The summed E-state index contributed by atoms with van der Waals surface area (Å²) in [6.07, 6.45) is -0.338. The number of hydrogen-bond donors (Lipinski definition) is 1. The van der Waals surface area contributed by atoms with E-state index in [0.717, 1.165) is 23.6 Å². The lowest BCUT2D eigenvalue weighted by atomic mass is 10.1. The third-order valence-corrected chi connectivity index (χ3v) is 3.03. The fourth-order valence-electron chi connectivity index (χ4n) is 1.99. The summed E-state index contributed by atoms with van der Waals surface area (Å²) in [5.74, 6) is 1.57. The van der Waals surface area contributed by atoms with Gasteiger partial charge in [0, 0.05) is 25.2 Å². The second-order valence-corrected chi connectivity index (χ2v) is 5.09. The maximum Gasteiger partial charge on any atom is 0.122 e. The highest BCUT2D eigenvalue weighted by molar-refractivity contribution is 5.38. The minimum atomic E-state index is -0.338. The van der Waals surface area contributed by atoms with Crippen LogP contribution in [0, 0.1) is 0 Å². The summed E-state index contributed by atoms with van der Waals surface area (Å²) in [5, 5.41) is 9.56. The minimum absolute atomic E-state index is 0.338. The molecule has 0 unspecified atom stereocenters. The number of aliphatic hydroxyl groups excluding tert-OH is 1. The van der Waals surface area contributed by atoms with Crippen molar-refractivity contribution in [1.29, 1.82) is 0 Å². The lowest BCUT2D eigenvalue weighted by Gasteiger charge is -2.28. The number of rotatable bonds is 7. The molecule has 4 heteroatoms. The molecule has 0 heterocycles. The Bertz CT molecular complexity index is 369. The van der Waals surface area contributed by atoms with Crippen LogP contribution >= 0.6 is 0 Å². The summed E-state index contributed by atoms with van der Waals surface area (Å²) in [6, 6.07) is 6.23. The second-order valence-electron chi connectivity index (χ2n) is 5.09. The Morgan fingerprint density at radius 1 is 1.05 bits per heavy atom. The van der Waals surface area contributed by atoms with E-state index in [1.165, 1.54) is 0 Å². The summed E-state index contributed by atoms with van der Waals surface area (Å²) in [5.41, 5.74) is 1.12. The van der Waals surface area contributed by atoms with Gasteiger partial charge in [-0.15, -0.1) is 0 Å². The Morgan fingerprint density at radius 3 is 1.95 bits per heavy atom. The van der Waals surface area contributed by atoms with Crippen LogP contribution in [0.4, 0.5) is 0 Å². The first-order valence-corrected chi connectivity index (χ1v) is 6.60. The van der Waals surface area contributed by atoms with Crippen molar-refractivity contribution in [1.82, 2.24) is 4.90 Å². The standard InChI is InChI=1S/C15H25NO3/c1-11(2)16(9-12(3)17)10-13-6-14(18-4)8-15(7-13)19-5/h6-8,11-12,17H,9-10H2,1-5H3/t12-/m1/s1. The molecule has 108 valence electrons. The molecule has 0 aliphatic heterocycles. The zero-order valence-corrected chi connectivity index (χ0v) is 12.5. The van der Waals surface area contributed by atoms with Gasteiger partial charge in [-0.1, -0.05) is 0 Å². The average molecular weight is 267 g/mol. The van der Waals surface area contributed by atoms with Crippen LogP contribution in [0.5, 0.6) is 11.5 Å².